The molecule has 0 aromatic carbocycles. The summed E-state index contributed by atoms with van der Waals surface area (Å²) in [5, 5.41) is 6.62. The highest BCUT2D eigenvalue weighted by Crippen LogP contribution is 2.37. The molecule has 5 nitrogen and oxygen atoms in total. The molecule has 1 aromatic rings. The fourth-order valence-corrected chi connectivity index (χ4v) is 3.15. The number of carbonyl (C=O) groups is 1. The number of aromatic nitrogens is 1. The zero-order chi connectivity index (χ0) is 13.3. The van der Waals surface area contributed by atoms with E-state index in [-0.39, 0.29) is 11.9 Å². The van der Waals surface area contributed by atoms with Gasteiger partial charge in [0.15, 0.2) is 5.13 Å². The molecule has 0 bridgehead atoms. The zero-order valence-electron chi connectivity index (χ0n) is 11.0. The Balaban J connectivity index is 2.02. The second kappa shape index (κ2) is 4.76. The van der Waals surface area contributed by atoms with E-state index in [9.17, 15) is 4.79 Å². The van der Waals surface area contributed by atoms with Gasteiger partial charge in [0, 0.05) is 13.1 Å². The molecule has 0 spiro atoms. The number of nitrogens with two attached hydrogens (primary N) is 1. The molecule has 1 fully saturated rings. The average Bonchev–Trinajstić information content (AvgIpc) is 2.81. The number of carbonyl (C=O) groups excluding carboxylic acids is 1. The Bertz CT molecular complexity index is 455. The number of hydrogen-bond donors (Lipinski definition) is 3. The molecule has 100 valence electrons. The highest BCUT2D eigenvalue weighted by Gasteiger charge is 2.32. The largest absolute Gasteiger partial charge is 0.382 e. The summed E-state index contributed by atoms with van der Waals surface area (Å²) in [6.45, 7) is 4.47. The predicted molar refractivity (Wildman–Crippen MR) is 75.0 cm³/mol. The first-order valence-electron chi connectivity index (χ1n) is 6.16. The van der Waals surface area contributed by atoms with Crippen molar-refractivity contribution in [3.63, 3.8) is 0 Å². The van der Waals surface area contributed by atoms with E-state index in [1.165, 1.54) is 11.3 Å². The van der Waals surface area contributed by atoms with Crippen molar-refractivity contribution in [2.75, 3.05) is 18.1 Å². The summed E-state index contributed by atoms with van der Waals surface area (Å²) < 4.78 is 0. The van der Waals surface area contributed by atoms with Crippen LogP contribution < -0.4 is 16.4 Å². The van der Waals surface area contributed by atoms with E-state index < -0.39 is 0 Å². The fourth-order valence-electron chi connectivity index (χ4n) is 2.41. The number of amides is 1. The molecule has 1 aliphatic carbocycles. The van der Waals surface area contributed by atoms with Crippen LogP contribution in [0.25, 0.3) is 0 Å². The van der Waals surface area contributed by atoms with Gasteiger partial charge in [0.25, 0.3) is 5.91 Å². The molecule has 1 atom stereocenters. The normalized spacial score (nSPS) is 21.8. The van der Waals surface area contributed by atoms with Crippen LogP contribution in [0.2, 0.25) is 0 Å². The van der Waals surface area contributed by atoms with Crippen molar-refractivity contribution in [3.8, 4) is 0 Å². The standard InChI is InChI=1S/C12H20N4OS/c1-12(2)5-4-7(6-12)15-10(17)8-9(13)16-11(14-3)18-8/h7H,4-6,13H2,1-3H3,(H,14,16)(H,15,17). The molecule has 6 heteroatoms. The van der Waals surface area contributed by atoms with Crippen molar-refractivity contribution in [2.45, 2.75) is 39.2 Å². The smallest absolute Gasteiger partial charge is 0.265 e. The van der Waals surface area contributed by atoms with Crippen LogP contribution in [-0.2, 0) is 0 Å². The number of thiazole rings is 1. The van der Waals surface area contributed by atoms with Crippen LogP contribution in [0.4, 0.5) is 10.9 Å². The lowest BCUT2D eigenvalue weighted by Gasteiger charge is -2.17. The fraction of sp³-hybridized carbons (Fsp3) is 0.667. The predicted octanol–water partition coefficient (Wildman–Crippen LogP) is 2.08. The van der Waals surface area contributed by atoms with Gasteiger partial charge < -0.3 is 16.4 Å². The monoisotopic (exact) mass is 268 g/mol. The molecule has 1 aromatic heterocycles. The summed E-state index contributed by atoms with van der Waals surface area (Å²) in [7, 11) is 1.76. The summed E-state index contributed by atoms with van der Waals surface area (Å²) in [4.78, 5) is 16.7. The maximum Gasteiger partial charge on any atom is 0.265 e. The second-order valence-electron chi connectivity index (χ2n) is 5.56. The molecule has 1 unspecified atom stereocenters. The van der Waals surface area contributed by atoms with Gasteiger partial charge in [-0.1, -0.05) is 25.2 Å². The molecule has 2 rings (SSSR count). The summed E-state index contributed by atoms with van der Waals surface area (Å²) >= 11 is 1.29. The number of nitrogens with one attached hydrogen (secondary N) is 2. The van der Waals surface area contributed by atoms with Gasteiger partial charge in [-0.3, -0.25) is 4.79 Å². The number of anilines is 2. The molecule has 1 amide bonds. The van der Waals surface area contributed by atoms with Gasteiger partial charge in [0.1, 0.15) is 10.7 Å². The number of rotatable bonds is 3. The molecule has 18 heavy (non-hydrogen) atoms. The third-order valence-electron chi connectivity index (χ3n) is 3.38. The Kier molecular flexibility index (Phi) is 3.47. The molecule has 1 heterocycles. The quantitative estimate of drug-likeness (QED) is 0.784. The van der Waals surface area contributed by atoms with Crippen molar-refractivity contribution >= 4 is 28.2 Å². The lowest BCUT2D eigenvalue weighted by molar-refractivity contribution is 0.0941. The topological polar surface area (TPSA) is 80.0 Å². The van der Waals surface area contributed by atoms with Gasteiger partial charge in [0.05, 0.1) is 0 Å². The van der Waals surface area contributed by atoms with E-state index >= 15 is 0 Å². The van der Waals surface area contributed by atoms with E-state index in [4.69, 9.17) is 5.73 Å². The van der Waals surface area contributed by atoms with Crippen LogP contribution >= 0.6 is 11.3 Å². The average molecular weight is 268 g/mol. The molecule has 4 N–H and O–H groups in total. The summed E-state index contributed by atoms with van der Waals surface area (Å²) in [6, 6.07) is 0.257. The maximum atomic E-state index is 12.1. The Morgan fingerprint density at radius 1 is 1.56 bits per heavy atom. The van der Waals surface area contributed by atoms with Crippen molar-refractivity contribution in [1.82, 2.24) is 10.3 Å². The third kappa shape index (κ3) is 2.75. The lowest BCUT2D eigenvalue weighted by Crippen LogP contribution is -2.33. The minimum Gasteiger partial charge on any atom is -0.382 e. The molecular formula is C12H20N4OS. The van der Waals surface area contributed by atoms with E-state index in [2.05, 4.69) is 29.5 Å². The molecule has 1 saturated carbocycles. The van der Waals surface area contributed by atoms with Crippen molar-refractivity contribution in [1.29, 1.82) is 0 Å². The van der Waals surface area contributed by atoms with Gasteiger partial charge >= 0.3 is 0 Å². The van der Waals surface area contributed by atoms with Crippen LogP contribution in [0.15, 0.2) is 0 Å². The van der Waals surface area contributed by atoms with Crippen LogP contribution in [0.1, 0.15) is 42.8 Å². The van der Waals surface area contributed by atoms with Crippen LogP contribution in [-0.4, -0.2) is 24.0 Å². The maximum absolute atomic E-state index is 12.1. The Labute approximate surface area is 111 Å². The molecule has 1 aliphatic rings. The number of nitrogen functional groups attached to an aromatic ring is 1. The van der Waals surface area contributed by atoms with Gasteiger partial charge in [-0.2, -0.15) is 0 Å². The van der Waals surface area contributed by atoms with E-state index in [0.717, 1.165) is 19.3 Å². The van der Waals surface area contributed by atoms with Crippen molar-refractivity contribution in [3.05, 3.63) is 4.88 Å². The van der Waals surface area contributed by atoms with E-state index in [0.29, 0.717) is 21.2 Å². The van der Waals surface area contributed by atoms with E-state index in [1.54, 1.807) is 7.05 Å². The first-order chi connectivity index (χ1) is 8.41. The minimum absolute atomic E-state index is 0.103. The van der Waals surface area contributed by atoms with Gasteiger partial charge in [-0.05, 0) is 24.7 Å². The van der Waals surface area contributed by atoms with Crippen molar-refractivity contribution < 1.29 is 4.79 Å². The number of nitrogens with zero attached hydrogens (tertiary/aromatic N) is 1. The van der Waals surface area contributed by atoms with Crippen molar-refractivity contribution in [2.24, 2.45) is 5.41 Å². The first-order valence-corrected chi connectivity index (χ1v) is 6.98. The van der Waals surface area contributed by atoms with Crippen LogP contribution in [0, 0.1) is 5.41 Å². The minimum atomic E-state index is -0.103. The second-order valence-corrected chi connectivity index (χ2v) is 6.56. The van der Waals surface area contributed by atoms with Crippen LogP contribution in [0.3, 0.4) is 0 Å². The van der Waals surface area contributed by atoms with Crippen LogP contribution in [0.5, 0.6) is 0 Å². The summed E-state index contributed by atoms with van der Waals surface area (Å²) in [5.74, 6) is 0.202. The van der Waals surface area contributed by atoms with E-state index in [1.807, 2.05) is 0 Å². The highest BCUT2D eigenvalue weighted by molar-refractivity contribution is 7.18. The van der Waals surface area contributed by atoms with Gasteiger partial charge in [-0.25, -0.2) is 4.98 Å². The Morgan fingerprint density at radius 2 is 2.28 bits per heavy atom. The molecule has 0 radical (unpaired) electrons. The number of hydrogen-bond acceptors (Lipinski definition) is 5. The summed E-state index contributed by atoms with van der Waals surface area (Å²) in [6.07, 6.45) is 3.21. The third-order valence-corrected chi connectivity index (χ3v) is 4.46. The first kappa shape index (κ1) is 13.1. The summed E-state index contributed by atoms with van der Waals surface area (Å²) in [5.41, 5.74) is 6.07. The molecule has 0 aliphatic heterocycles. The SMILES string of the molecule is CNc1nc(N)c(C(=O)NC2CCC(C)(C)C2)s1. The Hall–Kier alpha value is -1.30. The molecule has 0 saturated heterocycles. The van der Waals surface area contributed by atoms with Gasteiger partial charge in [-0.15, -0.1) is 0 Å². The molecular weight excluding hydrogens is 248 g/mol. The Morgan fingerprint density at radius 3 is 2.78 bits per heavy atom. The lowest BCUT2D eigenvalue weighted by atomic mass is 9.92. The van der Waals surface area contributed by atoms with Gasteiger partial charge in [0.2, 0.25) is 0 Å². The zero-order valence-corrected chi connectivity index (χ0v) is 11.9. The highest BCUT2D eigenvalue weighted by atomic mass is 32.1.